The molecule has 0 atom stereocenters. The lowest BCUT2D eigenvalue weighted by Crippen LogP contribution is -2.18. The van der Waals surface area contributed by atoms with Gasteiger partial charge in [-0.05, 0) is 31.5 Å². The molecule has 0 spiro atoms. The molecule has 0 radical (unpaired) electrons. The first-order valence-electron chi connectivity index (χ1n) is 8.46. The van der Waals surface area contributed by atoms with E-state index in [1.165, 1.54) is 11.7 Å². The van der Waals surface area contributed by atoms with Crippen molar-refractivity contribution in [2.45, 2.75) is 20.4 Å². The van der Waals surface area contributed by atoms with Crippen LogP contribution in [0.5, 0.6) is 5.75 Å². The third-order valence-electron chi connectivity index (χ3n) is 4.42. The summed E-state index contributed by atoms with van der Waals surface area (Å²) in [4.78, 5) is 23.1. The molecular weight excluding hydrogens is 364 g/mol. The van der Waals surface area contributed by atoms with Crippen LogP contribution in [0.2, 0.25) is 0 Å². The number of nitro groups is 1. The van der Waals surface area contributed by atoms with Gasteiger partial charge in [0.25, 0.3) is 5.91 Å². The summed E-state index contributed by atoms with van der Waals surface area (Å²) in [6.45, 7) is 4.08. The molecule has 28 heavy (non-hydrogen) atoms. The summed E-state index contributed by atoms with van der Waals surface area (Å²) in [5.74, 6) is 0.134. The van der Waals surface area contributed by atoms with Gasteiger partial charge >= 0.3 is 5.69 Å². The number of methoxy groups -OCH3 is 1. The van der Waals surface area contributed by atoms with Crippen molar-refractivity contribution in [2.75, 3.05) is 12.4 Å². The summed E-state index contributed by atoms with van der Waals surface area (Å²) < 4.78 is 8.18. The zero-order valence-electron chi connectivity index (χ0n) is 16.0. The average Bonchev–Trinajstić information content (AvgIpc) is 3.17. The van der Waals surface area contributed by atoms with Crippen LogP contribution in [-0.2, 0) is 13.6 Å². The monoisotopic (exact) mass is 384 g/mol. The number of carbonyl (C=O) groups excluding carboxylic acids is 1. The van der Waals surface area contributed by atoms with Gasteiger partial charge in [-0.2, -0.15) is 10.2 Å². The Bertz CT molecular complexity index is 1050. The highest BCUT2D eigenvalue weighted by Crippen LogP contribution is 2.24. The highest BCUT2D eigenvalue weighted by molar-refractivity contribution is 6.06. The maximum absolute atomic E-state index is 12.6. The minimum atomic E-state index is -0.631. The molecule has 3 rings (SSSR count). The van der Waals surface area contributed by atoms with E-state index in [1.807, 2.05) is 31.2 Å². The van der Waals surface area contributed by atoms with Gasteiger partial charge in [0, 0.05) is 7.05 Å². The number of carbonyl (C=O) groups is 1. The van der Waals surface area contributed by atoms with Crippen LogP contribution in [0.15, 0.2) is 30.5 Å². The number of benzene rings is 1. The average molecular weight is 384 g/mol. The molecule has 0 unspecified atom stereocenters. The van der Waals surface area contributed by atoms with Gasteiger partial charge in [-0.15, -0.1) is 0 Å². The van der Waals surface area contributed by atoms with Crippen LogP contribution in [-0.4, -0.2) is 37.5 Å². The Morgan fingerprint density at radius 1 is 1.36 bits per heavy atom. The van der Waals surface area contributed by atoms with Crippen molar-refractivity contribution in [3.05, 3.63) is 63.2 Å². The molecule has 146 valence electrons. The molecule has 10 heteroatoms. The lowest BCUT2D eigenvalue weighted by atomic mass is 10.2. The topological polar surface area (TPSA) is 117 Å². The van der Waals surface area contributed by atoms with Crippen LogP contribution < -0.4 is 10.1 Å². The third-order valence-corrected chi connectivity index (χ3v) is 4.42. The van der Waals surface area contributed by atoms with Crippen LogP contribution in [0.1, 0.15) is 27.4 Å². The van der Waals surface area contributed by atoms with Crippen molar-refractivity contribution >= 4 is 17.3 Å². The SMILES string of the molecule is COc1cccc(Cn2nc(C)c(NC(=O)c3c([N+](=O)[O-])cnn3C)c2C)c1. The first kappa shape index (κ1) is 19.1. The fourth-order valence-electron chi connectivity index (χ4n) is 2.97. The molecule has 1 N–H and O–H groups in total. The smallest absolute Gasteiger partial charge is 0.320 e. The Kier molecular flexibility index (Phi) is 5.12. The Hall–Kier alpha value is -3.69. The van der Waals surface area contributed by atoms with E-state index in [9.17, 15) is 14.9 Å². The molecule has 3 aromatic rings. The molecule has 0 bridgehead atoms. The van der Waals surface area contributed by atoms with E-state index >= 15 is 0 Å². The van der Waals surface area contributed by atoms with Gasteiger partial charge in [0.15, 0.2) is 0 Å². The van der Waals surface area contributed by atoms with Gasteiger partial charge in [0.05, 0.1) is 35.7 Å². The molecule has 0 aliphatic rings. The number of aryl methyl sites for hydroxylation is 2. The predicted molar refractivity (Wildman–Crippen MR) is 102 cm³/mol. The maximum Gasteiger partial charge on any atom is 0.320 e. The van der Waals surface area contributed by atoms with Crippen LogP contribution in [0, 0.1) is 24.0 Å². The van der Waals surface area contributed by atoms with E-state index in [2.05, 4.69) is 15.5 Å². The van der Waals surface area contributed by atoms with E-state index in [-0.39, 0.29) is 11.4 Å². The zero-order valence-corrected chi connectivity index (χ0v) is 16.0. The van der Waals surface area contributed by atoms with Crippen molar-refractivity contribution in [3.8, 4) is 5.75 Å². The number of aromatic nitrogens is 4. The first-order chi connectivity index (χ1) is 13.3. The number of nitrogens with zero attached hydrogens (tertiary/aromatic N) is 5. The lowest BCUT2D eigenvalue weighted by Gasteiger charge is -2.08. The van der Waals surface area contributed by atoms with Crippen LogP contribution in [0.3, 0.4) is 0 Å². The number of rotatable bonds is 6. The van der Waals surface area contributed by atoms with E-state index < -0.39 is 10.8 Å². The summed E-state index contributed by atoms with van der Waals surface area (Å²) in [5.41, 5.74) is 2.38. The predicted octanol–water partition coefficient (Wildman–Crippen LogP) is 2.45. The number of nitrogens with one attached hydrogen (secondary N) is 1. The Morgan fingerprint density at radius 2 is 2.11 bits per heavy atom. The normalized spacial score (nSPS) is 10.7. The second-order valence-corrected chi connectivity index (χ2v) is 6.27. The third kappa shape index (κ3) is 3.56. The van der Waals surface area contributed by atoms with E-state index in [1.54, 1.807) is 18.7 Å². The largest absolute Gasteiger partial charge is 0.497 e. The van der Waals surface area contributed by atoms with Gasteiger partial charge in [0.2, 0.25) is 5.69 Å². The van der Waals surface area contributed by atoms with Gasteiger partial charge in [-0.25, -0.2) is 0 Å². The molecule has 1 aromatic carbocycles. The van der Waals surface area contributed by atoms with Gasteiger partial charge in [-0.1, -0.05) is 12.1 Å². The standard InChI is InChI=1S/C18H20N6O4/c1-11-16(20-18(25)17-15(24(26)27)9-19-22(17)3)12(2)23(21-11)10-13-6-5-7-14(8-13)28-4/h5-9H,10H2,1-4H3,(H,20,25). The summed E-state index contributed by atoms with van der Waals surface area (Å²) >= 11 is 0. The molecule has 0 aliphatic carbocycles. The molecule has 0 fully saturated rings. The minimum absolute atomic E-state index is 0.121. The van der Waals surface area contributed by atoms with Crippen molar-refractivity contribution in [2.24, 2.45) is 7.05 Å². The molecule has 0 saturated carbocycles. The molecule has 2 aromatic heterocycles. The van der Waals surface area contributed by atoms with E-state index in [0.29, 0.717) is 17.9 Å². The van der Waals surface area contributed by atoms with Gasteiger partial charge in [0.1, 0.15) is 11.9 Å². The second kappa shape index (κ2) is 7.51. The number of amides is 1. The van der Waals surface area contributed by atoms with Crippen LogP contribution in [0.25, 0.3) is 0 Å². The molecule has 0 aliphatic heterocycles. The maximum atomic E-state index is 12.6. The first-order valence-corrected chi connectivity index (χ1v) is 8.46. The second-order valence-electron chi connectivity index (χ2n) is 6.27. The van der Waals surface area contributed by atoms with E-state index in [0.717, 1.165) is 23.2 Å². The number of ether oxygens (including phenoxy) is 1. The fourth-order valence-corrected chi connectivity index (χ4v) is 2.97. The van der Waals surface area contributed by atoms with Gasteiger partial charge in [-0.3, -0.25) is 24.3 Å². The van der Waals surface area contributed by atoms with Crippen molar-refractivity contribution < 1.29 is 14.5 Å². The Labute approximate surface area is 160 Å². The van der Waals surface area contributed by atoms with Crippen LogP contribution in [0.4, 0.5) is 11.4 Å². The molecular formula is C18H20N6O4. The molecule has 1 amide bonds. The molecule has 10 nitrogen and oxygen atoms in total. The number of anilines is 1. The van der Waals surface area contributed by atoms with Gasteiger partial charge < -0.3 is 10.1 Å². The zero-order chi connectivity index (χ0) is 20.4. The summed E-state index contributed by atoms with van der Waals surface area (Å²) in [5, 5.41) is 22.1. The number of hydrogen-bond acceptors (Lipinski definition) is 6. The quantitative estimate of drug-likeness (QED) is 0.515. The summed E-state index contributed by atoms with van der Waals surface area (Å²) in [6, 6.07) is 7.62. The van der Waals surface area contributed by atoms with Crippen molar-refractivity contribution in [3.63, 3.8) is 0 Å². The van der Waals surface area contributed by atoms with Crippen molar-refractivity contribution in [1.29, 1.82) is 0 Å². The molecule has 0 saturated heterocycles. The highest BCUT2D eigenvalue weighted by atomic mass is 16.6. The summed E-state index contributed by atoms with van der Waals surface area (Å²) in [7, 11) is 3.08. The van der Waals surface area contributed by atoms with Crippen molar-refractivity contribution in [1.82, 2.24) is 19.6 Å². The Balaban J connectivity index is 1.87. The number of hydrogen-bond donors (Lipinski definition) is 1. The Morgan fingerprint density at radius 3 is 2.79 bits per heavy atom. The van der Waals surface area contributed by atoms with Crippen LogP contribution >= 0.6 is 0 Å². The molecule has 2 heterocycles. The fraction of sp³-hybridized carbons (Fsp3) is 0.278. The lowest BCUT2D eigenvalue weighted by molar-refractivity contribution is -0.385. The summed E-state index contributed by atoms with van der Waals surface area (Å²) in [6.07, 6.45) is 1.06. The minimum Gasteiger partial charge on any atom is -0.497 e. The highest BCUT2D eigenvalue weighted by Gasteiger charge is 2.27. The van der Waals surface area contributed by atoms with E-state index in [4.69, 9.17) is 4.74 Å².